The fourth-order valence-electron chi connectivity index (χ4n) is 1.56. The summed E-state index contributed by atoms with van der Waals surface area (Å²) in [6.07, 6.45) is 0.620. The minimum Gasteiger partial charge on any atom is -0.323 e. The van der Waals surface area contributed by atoms with Crippen molar-refractivity contribution in [3.8, 4) is 0 Å². The largest absolute Gasteiger partial charge is 0.325 e. The lowest BCUT2D eigenvalue weighted by Crippen LogP contribution is -2.43. The molecule has 0 aliphatic carbocycles. The van der Waals surface area contributed by atoms with Crippen molar-refractivity contribution in [2.45, 2.75) is 32.7 Å². The van der Waals surface area contributed by atoms with Crippen LogP contribution in [0, 0.1) is 0 Å². The molecule has 0 saturated carbocycles. The lowest BCUT2D eigenvalue weighted by atomic mass is 9.99. The highest BCUT2D eigenvalue weighted by atomic mass is 16.2. The van der Waals surface area contributed by atoms with E-state index in [9.17, 15) is 9.59 Å². The number of carbonyl (C=O) groups is 2. The number of amides is 3. The fraction of sp³-hybridized carbons (Fsp3) is 0.800. The summed E-state index contributed by atoms with van der Waals surface area (Å²) in [5.74, 6) is -0.118. The number of imide groups is 1. The molecule has 1 heterocycles. The molecule has 0 aromatic carbocycles. The minimum atomic E-state index is -0.705. The van der Waals surface area contributed by atoms with Gasteiger partial charge in [0.15, 0.2) is 0 Å². The molecule has 1 saturated heterocycles. The van der Waals surface area contributed by atoms with Crippen molar-refractivity contribution in [1.29, 1.82) is 0 Å². The molecule has 0 spiro atoms. The number of urea groups is 1. The predicted molar refractivity (Wildman–Crippen MR) is 57.5 cm³/mol. The Kier molecular flexibility index (Phi) is 3.68. The summed E-state index contributed by atoms with van der Waals surface area (Å²) in [6, 6.07) is -0.276. The molecule has 0 bridgehead atoms. The molecular formula is C10H19N3O2. The smallest absolute Gasteiger partial charge is 0.323 e. The molecule has 1 atom stereocenters. The SMILES string of the molecule is CCNCCN1C(=O)NC(C)(CC)C1=O. The van der Waals surface area contributed by atoms with Crippen LogP contribution in [0.4, 0.5) is 4.79 Å². The van der Waals surface area contributed by atoms with Crippen LogP contribution in [0.15, 0.2) is 0 Å². The van der Waals surface area contributed by atoms with Crippen LogP contribution in [0.5, 0.6) is 0 Å². The number of nitrogens with one attached hydrogen (secondary N) is 2. The third-order valence-corrected chi connectivity index (χ3v) is 2.81. The summed E-state index contributed by atoms with van der Waals surface area (Å²) in [5.41, 5.74) is -0.705. The molecule has 3 amide bonds. The molecule has 1 aliphatic rings. The zero-order valence-corrected chi connectivity index (χ0v) is 9.59. The van der Waals surface area contributed by atoms with E-state index in [-0.39, 0.29) is 11.9 Å². The second kappa shape index (κ2) is 4.61. The summed E-state index contributed by atoms with van der Waals surface area (Å²) < 4.78 is 0. The van der Waals surface area contributed by atoms with Crippen molar-refractivity contribution in [1.82, 2.24) is 15.5 Å². The lowest BCUT2D eigenvalue weighted by molar-refractivity contribution is -0.130. The van der Waals surface area contributed by atoms with Crippen molar-refractivity contribution in [2.24, 2.45) is 0 Å². The van der Waals surface area contributed by atoms with Gasteiger partial charge in [0, 0.05) is 13.1 Å². The van der Waals surface area contributed by atoms with Gasteiger partial charge < -0.3 is 10.6 Å². The third-order valence-electron chi connectivity index (χ3n) is 2.81. The first-order chi connectivity index (χ1) is 7.05. The number of carbonyl (C=O) groups excluding carboxylic acids is 2. The first kappa shape index (κ1) is 12.0. The summed E-state index contributed by atoms with van der Waals surface area (Å²) >= 11 is 0. The molecule has 0 radical (unpaired) electrons. The van der Waals surface area contributed by atoms with E-state index in [1.54, 1.807) is 6.92 Å². The Balaban J connectivity index is 2.59. The number of rotatable bonds is 5. The Labute approximate surface area is 90.2 Å². The first-order valence-electron chi connectivity index (χ1n) is 5.40. The number of hydrogen-bond donors (Lipinski definition) is 2. The molecule has 1 rings (SSSR count). The van der Waals surface area contributed by atoms with Gasteiger partial charge >= 0.3 is 6.03 Å². The highest BCUT2D eigenvalue weighted by Crippen LogP contribution is 2.19. The summed E-state index contributed by atoms with van der Waals surface area (Å²) in [5, 5.41) is 5.80. The zero-order valence-electron chi connectivity index (χ0n) is 9.59. The second-order valence-electron chi connectivity index (χ2n) is 3.93. The molecule has 5 nitrogen and oxygen atoms in total. The highest BCUT2D eigenvalue weighted by Gasteiger charge is 2.45. The molecule has 1 unspecified atom stereocenters. The molecule has 1 fully saturated rings. The average Bonchev–Trinajstić information content (AvgIpc) is 2.42. The van der Waals surface area contributed by atoms with Gasteiger partial charge in [-0.1, -0.05) is 13.8 Å². The van der Waals surface area contributed by atoms with Gasteiger partial charge in [-0.25, -0.2) is 4.79 Å². The van der Waals surface area contributed by atoms with Gasteiger partial charge in [-0.3, -0.25) is 9.69 Å². The van der Waals surface area contributed by atoms with Crippen LogP contribution >= 0.6 is 0 Å². The van der Waals surface area contributed by atoms with Gasteiger partial charge in [-0.2, -0.15) is 0 Å². The Morgan fingerprint density at radius 3 is 2.53 bits per heavy atom. The van der Waals surface area contributed by atoms with Crippen LogP contribution < -0.4 is 10.6 Å². The highest BCUT2D eigenvalue weighted by molar-refractivity contribution is 6.06. The van der Waals surface area contributed by atoms with E-state index in [2.05, 4.69) is 10.6 Å². The molecule has 0 aromatic rings. The monoisotopic (exact) mass is 213 g/mol. The van der Waals surface area contributed by atoms with E-state index in [0.29, 0.717) is 19.5 Å². The minimum absolute atomic E-state index is 0.118. The van der Waals surface area contributed by atoms with Gasteiger partial charge in [0.1, 0.15) is 5.54 Å². The Hall–Kier alpha value is -1.10. The van der Waals surface area contributed by atoms with E-state index in [0.717, 1.165) is 6.54 Å². The van der Waals surface area contributed by atoms with Crippen LogP contribution in [0.25, 0.3) is 0 Å². The van der Waals surface area contributed by atoms with Gasteiger partial charge in [0.2, 0.25) is 0 Å². The fourth-order valence-corrected chi connectivity index (χ4v) is 1.56. The average molecular weight is 213 g/mol. The summed E-state index contributed by atoms with van der Waals surface area (Å²) in [7, 11) is 0. The first-order valence-corrected chi connectivity index (χ1v) is 5.40. The van der Waals surface area contributed by atoms with Gasteiger partial charge in [-0.15, -0.1) is 0 Å². The number of likely N-dealkylation sites (N-methyl/N-ethyl adjacent to an activating group) is 1. The van der Waals surface area contributed by atoms with E-state index in [1.807, 2.05) is 13.8 Å². The zero-order chi connectivity index (χ0) is 11.5. The Morgan fingerprint density at radius 1 is 1.40 bits per heavy atom. The van der Waals surface area contributed by atoms with Crippen LogP contribution in [0.3, 0.4) is 0 Å². The van der Waals surface area contributed by atoms with Crippen molar-refractivity contribution in [3.05, 3.63) is 0 Å². The van der Waals surface area contributed by atoms with E-state index in [1.165, 1.54) is 4.90 Å². The van der Waals surface area contributed by atoms with E-state index >= 15 is 0 Å². The molecular weight excluding hydrogens is 194 g/mol. The maximum Gasteiger partial charge on any atom is 0.325 e. The Bertz CT molecular complexity index is 267. The summed E-state index contributed by atoms with van der Waals surface area (Å²) in [4.78, 5) is 24.7. The van der Waals surface area contributed by atoms with E-state index < -0.39 is 5.54 Å². The van der Waals surface area contributed by atoms with Crippen molar-refractivity contribution >= 4 is 11.9 Å². The van der Waals surface area contributed by atoms with Gasteiger partial charge in [0.25, 0.3) is 5.91 Å². The topological polar surface area (TPSA) is 61.4 Å². The maximum absolute atomic E-state index is 11.9. The van der Waals surface area contributed by atoms with Crippen LogP contribution in [0.2, 0.25) is 0 Å². The van der Waals surface area contributed by atoms with Gasteiger partial charge in [0.05, 0.1) is 0 Å². The normalized spacial score (nSPS) is 25.9. The predicted octanol–water partition coefficient (Wildman–Crippen LogP) is 0.316. The van der Waals surface area contributed by atoms with Crippen molar-refractivity contribution < 1.29 is 9.59 Å². The number of nitrogens with zero attached hydrogens (tertiary/aromatic N) is 1. The van der Waals surface area contributed by atoms with Gasteiger partial charge in [-0.05, 0) is 19.9 Å². The maximum atomic E-state index is 11.9. The molecule has 1 aliphatic heterocycles. The molecule has 2 N–H and O–H groups in total. The molecule has 86 valence electrons. The molecule has 5 heteroatoms. The summed E-state index contributed by atoms with van der Waals surface area (Å²) in [6.45, 7) is 7.58. The quantitative estimate of drug-likeness (QED) is 0.510. The molecule has 0 aromatic heterocycles. The van der Waals surface area contributed by atoms with Crippen LogP contribution in [-0.2, 0) is 4.79 Å². The molecule has 15 heavy (non-hydrogen) atoms. The van der Waals surface area contributed by atoms with Crippen molar-refractivity contribution in [2.75, 3.05) is 19.6 Å². The van der Waals surface area contributed by atoms with Crippen LogP contribution in [0.1, 0.15) is 27.2 Å². The lowest BCUT2D eigenvalue weighted by Gasteiger charge is -2.19. The van der Waals surface area contributed by atoms with Crippen molar-refractivity contribution in [3.63, 3.8) is 0 Å². The second-order valence-corrected chi connectivity index (χ2v) is 3.93. The van der Waals surface area contributed by atoms with Crippen LogP contribution in [-0.4, -0.2) is 42.0 Å². The third kappa shape index (κ3) is 2.28. The Morgan fingerprint density at radius 2 is 2.07 bits per heavy atom. The van der Waals surface area contributed by atoms with E-state index in [4.69, 9.17) is 0 Å². The number of hydrogen-bond acceptors (Lipinski definition) is 3. The standard InChI is InChI=1S/C10H19N3O2/c1-4-10(3)8(14)13(9(15)12-10)7-6-11-5-2/h11H,4-7H2,1-3H3,(H,12,15).